The first-order valence-corrected chi connectivity index (χ1v) is 7.97. The van der Waals surface area contributed by atoms with Crippen LogP contribution in [-0.4, -0.2) is 19.2 Å². The van der Waals surface area contributed by atoms with Gasteiger partial charge in [0.2, 0.25) is 0 Å². The topological polar surface area (TPSA) is 67.6 Å². The Balaban J connectivity index is 2.17. The average Bonchev–Trinajstić information content (AvgIpc) is 2.58. The van der Waals surface area contributed by atoms with Crippen molar-refractivity contribution in [2.24, 2.45) is 0 Å². The predicted molar refractivity (Wildman–Crippen MR) is 99.1 cm³/mol. The fourth-order valence-electron chi connectivity index (χ4n) is 2.37. The molecule has 5 nitrogen and oxygen atoms in total. The number of hydrogen-bond acceptors (Lipinski definition) is 4. The molecule has 0 saturated heterocycles. The Bertz CT molecular complexity index is 732. The molecule has 6 heteroatoms. The highest BCUT2D eigenvalue weighted by Gasteiger charge is 2.10. The van der Waals surface area contributed by atoms with Crippen molar-refractivity contribution in [2.75, 3.05) is 29.1 Å². The van der Waals surface area contributed by atoms with E-state index >= 15 is 0 Å². The van der Waals surface area contributed by atoms with Gasteiger partial charge in [-0.25, -0.2) is 9.18 Å². The second-order valence-corrected chi connectivity index (χ2v) is 5.41. The van der Waals surface area contributed by atoms with Crippen LogP contribution in [0.5, 0.6) is 0 Å². The minimum absolute atomic E-state index is 0.266. The van der Waals surface area contributed by atoms with Crippen LogP contribution >= 0.6 is 0 Å². The maximum atomic E-state index is 13.1. The summed E-state index contributed by atoms with van der Waals surface area (Å²) in [5.41, 5.74) is 8.80. The standard InChI is InChI=1S/C19H22FN3O2/c1-3-11-23(13-14-5-7-15(20)8-6-14)16-9-10-18(17(21)12-16)22-19(24)25-4-2/h3,5-10,12H,1,4,11,13,21H2,2H3,(H,22,24). The van der Waals surface area contributed by atoms with Crippen LogP contribution in [0.2, 0.25) is 0 Å². The molecule has 2 aromatic carbocycles. The van der Waals surface area contributed by atoms with Gasteiger partial charge in [0.15, 0.2) is 0 Å². The van der Waals surface area contributed by atoms with E-state index in [4.69, 9.17) is 10.5 Å². The highest BCUT2D eigenvalue weighted by molar-refractivity contribution is 5.89. The number of carbonyl (C=O) groups is 1. The van der Waals surface area contributed by atoms with Crippen molar-refractivity contribution in [1.82, 2.24) is 0 Å². The molecule has 0 bridgehead atoms. The van der Waals surface area contributed by atoms with E-state index in [9.17, 15) is 9.18 Å². The monoisotopic (exact) mass is 343 g/mol. The third kappa shape index (κ3) is 5.24. The zero-order valence-corrected chi connectivity index (χ0v) is 14.2. The number of hydrogen-bond donors (Lipinski definition) is 2. The van der Waals surface area contributed by atoms with Gasteiger partial charge in [0, 0.05) is 18.8 Å². The second kappa shape index (κ2) is 8.73. The first kappa shape index (κ1) is 18.3. The van der Waals surface area contributed by atoms with Crippen molar-refractivity contribution in [2.45, 2.75) is 13.5 Å². The molecule has 0 aliphatic carbocycles. The summed E-state index contributed by atoms with van der Waals surface area (Å²) in [5, 5.41) is 2.60. The SMILES string of the molecule is C=CCN(Cc1ccc(F)cc1)c1ccc(NC(=O)OCC)c(N)c1. The van der Waals surface area contributed by atoms with Crippen molar-refractivity contribution in [3.05, 3.63) is 66.5 Å². The molecule has 1 amide bonds. The summed E-state index contributed by atoms with van der Waals surface area (Å²) >= 11 is 0. The molecule has 0 radical (unpaired) electrons. The second-order valence-electron chi connectivity index (χ2n) is 5.41. The third-order valence-electron chi connectivity index (χ3n) is 3.55. The van der Waals surface area contributed by atoms with Crippen LogP contribution in [0, 0.1) is 5.82 Å². The third-order valence-corrected chi connectivity index (χ3v) is 3.55. The molecule has 0 atom stereocenters. The molecule has 0 spiro atoms. The maximum Gasteiger partial charge on any atom is 0.411 e. The van der Waals surface area contributed by atoms with Crippen molar-refractivity contribution in [3.63, 3.8) is 0 Å². The minimum Gasteiger partial charge on any atom is -0.450 e. The van der Waals surface area contributed by atoms with Crippen LogP contribution in [0.25, 0.3) is 0 Å². The summed E-state index contributed by atoms with van der Waals surface area (Å²) in [7, 11) is 0. The number of nitrogen functional groups attached to an aromatic ring is 1. The van der Waals surface area contributed by atoms with E-state index in [1.807, 2.05) is 11.0 Å². The fraction of sp³-hybridized carbons (Fsp3) is 0.211. The molecular weight excluding hydrogens is 321 g/mol. The van der Waals surface area contributed by atoms with Gasteiger partial charge in [-0.05, 0) is 42.8 Å². The first-order valence-electron chi connectivity index (χ1n) is 7.97. The lowest BCUT2D eigenvalue weighted by molar-refractivity contribution is 0.168. The molecule has 0 aliphatic rings. The van der Waals surface area contributed by atoms with E-state index in [0.29, 0.717) is 24.5 Å². The van der Waals surface area contributed by atoms with Gasteiger partial charge >= 0.3 is 6.09 Å². The summed E-state index contributed by atoms with van der Waals surface area (Å²) in [5.74, 6) is -0.266. The van der Waals surface area contributed by atoms with Crippen molar-refractivity contribution in [1.29, 1.82) is 0 Å². The van der Waals surface area contributed by atoms with E-state index in [0.717, 1.165) is 11.3 Å². The number of halogens is 1. The number of nitrogens with one attached hydrogen (secondary N) is 1. The normalized spacial score (nSPS) is 10.2. The van der Waals surface area contributed by atoms with Crippen LogP contribution in [0.1, 0.15) is 12.5 Å². The number of carbonyl (C=O) groups excluding carboxylic acids is 1. The molecular formula is C19H22FN3O2. The Morgan fingerprint density at radius 2 is 2.04 bits per heavy atom. The first-order chi connectivity index (χ1) is 12.0. The molecule has 0 saturated carbocycles. The number of benzene rings is 2. The smallest absolute Gasteiger partial charge is 0.411 e. The van der Waals surface area contributed by atoms with E-state index in [1.165, 1.54) is 12.1 Å². The van der Waals surface area contributed by atoms with Gasteiger partial charge in [0.1, 0.15) is 5.82 Å². The van der Waals surface area contributed by atoms with Crippen molar-refractivity contribution >= 4 is 23.2 Å². The Labute approximate surface area is 146 Å². The van der Waals surface area contributed by atoms with Gasteiger partial charge < -0.3 is 15.4 Å². The lowest BCUT2D eigenvalue weighted by Crippen LogP contribution is -2.23. The Hall–Kier alpha value is -3.02. The number of nitrogens with zero attached hydrogens (tertiary/aromatic N) is 1. The molecule has 0 unspecified atom stereocenters. The zero-order chi connectivity index (χ0) is 18.2. The predicted octanol–water partition coefficient (Wildman–Crippen LogP) is 4.17. The van der Waals surface area contributed by atoms with Crippen LogP contribution < -0.4 is 16.0 Å². The molecule has 0 fully saturated rings. The molecule has 3 N–H and O–H groups in total. The molecule has 0 heterocycles. The number of amides is 1. The van der Waals surface area contributed by atoms with Crippen LogP contribution in [0.4, 0.5) is 26.2 Å². The molecule has 132 valence electrons. The number of anilines is 3. The fourth-order valence-corrected chi connectivity index (χ4v) is 2.37. The summed E-state index contributed by atoms with van der Waals surface area (Å²) in [4.78, 5) is 13.6. The lowest BCUT2D eigenvalue weighted by Gasteiger charge is -2.24. The zero-order valence-electron chi connectivity index (χ0n) is 14.2. The van der Waals surface area contributed by atoms with E-state index in [1.54, 1.807) is 37.3 Å². The maximum absolute atomic E-state index is 13.1. The van der Waals surface area contributed by atoms with Gasteiger partial charge in [-0.3, -0.25) is 5.32 Å². The Morgan fingerprint density at radius 1 is 1.32 bits per heavy atom. The summed E-state index contributed by atoms with van der Waals surface area (Å²) in [6, 6.07) is 11.7. The van der Waals surface area contributed by atoms with Gasteiger partial charge in [0.05, 0.1) is 18.0 Å². The quantitative estimate of drug-likeness (QED) is 0.585. The van der Waals surface area contributed by atoms with Gasteiger partial charge in [0.25, 0.3) is 0 Å². The molecule has 0 aromatic heterocycles. The van der Waals surface area contributed by atoms with E-state index in [-0.39, 0.29) is 12.4 Å². The molecule has 2 aromatic rings. The summed E-state index contributed by atoms with van der Waals surface area (Å²) in [6.45, 7) is 6.97. The van der Waals surface area contributed by atoms with Crippen LogP contribution in [0.15, 0.2) is 55.1 Å². The molecule has 25 heavy (non-hydrogen) atoms. The van der Waals surface area contributed by atoms with E-state index in [2.05, 4.69) is 11.9 Å². The lowest BCUT2D eigenvalue weighted by atomic mass is 10.1. The van der Waals surface area contributed by atoms with Crippen molar-refractivity contribution in [3.8, 4) is 0 Å². The minimum atomic E-state index is -0.545. The Kier molecular flexibility index (Phi) is 6.39. The van der Waals surface area contributed by atoms with Crippen LogP contribution in [0.3, 0.4) is 0 Å². The largest absolute Gasteiger partial charge is 0.450 e. The highest BCUT2D eigenvalue weighted by atomic mass is 19.1. The number of ether oxygens (including phenoxy) is 1. The summed E-state index contributed by atoms with van der Waals surface area (Å²) in [6.07, 6.45) is 1.24. The van der Waals surface area contributed by atoms with E-state index < -0.39 is 6.09 Å². The number of rotatable bonds is 7. The highest BCUT2D eigenvalue weighted by Crippen LogP contribution is 2.26. The Morgan fingerprint density at radius 3 is 2.64 bits per heavy atom. The average molecular weight is 343 g/mol. The van der Waals surface area contributed by atoms with Gasteiger partial charge in [-0.15, -0.1) is 6.58 Å². The molecule has 0 aliphatic heterocycles. The number of nitrogens with two attached hydrogens (primary N) is 1. The molecule has 2 rings (SSSR count). The summed E-state index contributed by atoms with van der Waals surface area (Å²) < 4.78 is 17.9. The van der Waals surface area contributed by atoms with Gasteiger partial charge in [-0.2, -0.15) is 0 Å². The van der Waals surface area contributed by atoms with Gasteiger partial charge in [-0.1, -0.05) is 18.2 Å². The van der Waals surface area contributed by atoms with Crippen molar-refractivity contribution < 1.29 is 13.9 Å². The van der Waals surface area contributed by atoms with Crippen LogP contribution in [-0.2, 0) is 11.3 Å².